The van der Waals surface area contributed by atoms with Gasteiger partial charge in [0.25, 0.3) is 0 Å². The summed E-state index contributed by atoms with van der Waals surface area (Å²) in [6, 6.07) is 0.573. The monoisotopic (exact) mass is 288 g/mol. The molecule has 0 atom stereocenters. The van der Waals surface area contributed by atoms with Crippen LogP contribution in [-0.4, -0.2) is 38.9 Å². The van der Waals surface area contributed by atoms with Crippen LogP contribution in [0.4, 0.5) is 5.82 Å². The number of rotatable bonds is 5. The molecule has 0 saturated heterocycles. The van der Waals surface area contributed by atoms with Crippen molar-refractivity contribution < 1.29 is 0 Å². The van der Waals surface area contributed by atoms with Gasteiger partial charge in [-0.1, -0.05) is 19.3 Å². The van der Waals surface area contributed by atoms with Crippen LogP contribution in [0.2, 0.25) is 0 Å². The van der Waals surface area contributed by atoms with Crippen LogP contribution >= 0.6 is 0 Å². The molecule has 114 valence electrons. The molecule has 2 aromatic rings. The number of fused-ring (bicyclic) bond motifs is 1. The van der Waals surface area contributed by atoms with Crippen LogP contribution in [-0.2, 0) is 7.05 Å². The molecule has 21 heavy (non-hydrogen) atoms. The summed E-state index contributed by atoms with van der Waals surface area (Å²) in [4.78, 5) is 11.4. The first-order valence-electron chi connectivity index (χ1n) is 7.90. The molecule has 0 amide bonds. The Kier molecular flexibility index (Phi) is 4.34. The molecule has 6 nitrogen and oxygen atoms in total. The van der Waals surface area contributed by atoms with Crippen molar-refractivity contribution in [3.8, 4) is 0 Å². The lowest BCUT2D eigenvalue weighted by atomic mass is 9.94. The molecule has 0 bridgehead atoms. The second kappa shape index (κ2) is 6.39. The van der Waals surface area contributed by atoms with E-state index in [0.29, 0.717) is 12.6 Å². The van der Waals surface area contributed by atoms with Gasteiger partial charge in [0.05, 0.1) is 11.6 Å². The van der Waals surface area contributed by atoms with Crippen molar-refractivity contribution in [2.45, 2.75) is 44.6 Å². The lowest BCUT2D eigenvalue weighted by Crippen LogP contribution is -2.39. The highest BCUT2D eigenvalue weighted by molar-refractivity contribution is 5.86. The number of anilines is 1. The fraction of sp³-hybridized carbons (Fsp3) is 0.667. The van der Waals surface area contributed by atoms with Crippen molar-refractivity contribution >= 4 is 16.9 Å². The summed E-state index contributed by atoms with van der Waals surface area (Å²) in [7, 11) is 1.92. The van der Waals surface area contributed by atoms with Crippen molar-refractivity contribution in [1.29, 1.82) is 0 Å². The first-order chi connectivity index (χ1) is 10.3. The molecule has 1 aliphatic rings. The van der Waals surface area contributed by atoms with E-state index in [2.05, 4.69) is 20.0 Å². The van der Waals surface area contributed by atoms with Crippen LogP contribution in [0.25, 0.3) is 11.0 Å². The summed E-state index contributed by atoms with van der Waals surface area (Å²) in [6.07, 6.45) is 11.0. The lowest BCUT2D eigenvalue weighted by molar-refractivity contribution is 0.411. The Morgan fingerprint density at radius 1 is 1.29 bits per heavy atom. The Morgan fingerprint density at radius 2 is 2.10 bits per heavy atom. The van der Waals surface area contributed by atoms with Crippen molar-refractivity contribution in [3.63, 3.8) is 0 Å². The van der Waals surface area contributed by atoms with Crippen molar-refractivity contribution in [3.05, 3.63) is 12.5 Å². The van der Waals surface area contributed by atoms with Gasteiger partial charge >= 0.3 is 0 Å². The number of hydrogen-bond donors (Lipinski definition) is 1. The van der Waals surface area contributed by atoms with Gasteiger partial charge in [-0.3, -0.25) is 4.68 Å². The summed E-state index contributed by atoms with van der Waals surface area (Å²) in [5, 5.41) is 5.37. The summed E-state index contributed by atoms with van der Waals surface area (Å²) in [5.74, 6) is 1.02. The van der Waals surface area contributed by atoms with Crippen LogP contribution in [0.3, 0.4) is 0 Å². The van der Waals surface area contributed by atoms with E-state index in [1.165, 1.54) is 32.1 Å². The smallest absolute Gasteiger partial charge is 0.163 e. The number of hydrogen-bond acceptors (Lipinski definition) is 5. The summed E-state index contributed by atoms with van der Waals surface area (Å²) in [5.41, 5.74) is 6.62. The largest absolute Gasteiger partial charge is 0.353 e. The molecule has 0 aromatic carbocycles. The quantitative estimate of drug-likeness (QED) is 0.909. The minimum atomic E-state index is 0.573. The molecule has 0 aliphatic heterocycles. The summed E-state index contributed by atoms with van der Waals surface area (Å²) >= 11 is 0. The molecule has 3 rings (SSSR count). The predicted molar refractivity (Wildman–Crippen MR) is 84.2 cm³/mol. The summed E-state index contributed by atoms with van der Waals surface area (Å²) in [6.45, 7) is 1.67. The summed E-state index contributed by atoms with van der Waals surface area (Å²) < 4.78 is 1.81. The van der Waals surface area contributed by atoms with Gasteiger partial charge in [-0.2, -0.15) is 5.10 Å². The Morgan fingerprint density at radius 3 is 2.86 bits per heavy atom. The van der Waals surface area contributed by atoms with E-state index < -0.39 is 0 Å². The highest BCUT2D eigenvalue weighted by atomic mass is 15.3. The van der Waals surface area contributed by atoms with E-state index in [-0.39, 0.29) is 0 Å². The number of aryl methyl sites for hydroxylation is 1. The van der Waals surface area contributed by atoms with E-state index >= 15 is 0 Å². The zero-order chi connectivity index (χ0) is 14.7. The molecule has 1 fully saturated rings. The zero-order valence-electron chi connectivity index (χ0n) is 12.7. The molecule has 2 N–H and O–H groups in total. The van der Waals surface area contributed by atoms with E-state index in [0.717, 1.165) is 29.8 Å². The van der Waals surface area contributed by atoms with Crippen LogP contribution in [0.5, 0.6) is 0 Å². The Hall–Kier alpha value is -1.69. The molecule has 2 aromatic heterocycles. The van der Waals surface area contributed by atoms with Crippen molar-refractivity contribution in [2.75, 3.05) is 18.0 Å². The van der Waals surface area contributed by atoms with E-state index in [9.17, 15) is 0 Å². The maximum absolute atomic E-state index is 5.73. The second-order valence-electron chi connectivity index (χ2n) is 5.83. The van der Waals surface area contributed by atoms with Crippen LogP contribution in [0.15, 0.2) is 12.5 Å². The SMILES string of the molecule is Cn1ncc2c(N(CCCN)C3CCCCC3)ncnc21. The van der Waals surface area contributed by atoms with Crippen LogP contribution < -0.4 is 10.6 Å². The standard InChI is InChI=1S/C15H24N6/c1-20-14-13(10-19-20)15(18-11-17-14)21(9-5-8-16)12-6-3-2-4-7-12/h10-12H,2-9,16H2,1H3. The maximum atomic E-state index is 5.73. The maximum Gasteiger partial charge on any atom is 0.163 e. The van der Waals surface area contributed by atoms with Gasteiger partial charge < -0.3 is 10.6 Å². The van der Waals surface area contributed by atoms with Gasteiger partial charge in [0.2, 0.25) is 0 Å². The molecular weight excluding hydrogens is 264 g/mol. The molecule has 0 spiro atoms. The van der Waals surface area contributed by atoms with E-state index in [1.807, 2.05) is 17.9 Å². The second-order valence-corrected chi connectivity index (χ2v) is 5.83. The number of nitrogens with two attached hydrogens (primary N) is 1. The number of nitrogens with zero attached hydrogens (tertiary/aromatic N) is 5. The molecule has 0 radical (unpaired) electrons. The minimum Gasteiger partial charge on any atom is -0.353 e. The third-order valence-corrected chi connectivity index (χ3v) is 4.40. The van der Waals surface area contributed by atoms with Crippen molar-refractivity contribution in [1.82, 2.24) is 19.7 Å². The normalized spacial score (nSPS) is 16.5. The molecule has 2 heterocycles. The molecule has 0 unspecified atom stereocenters. The van der Waals surface area contributed by atoms with Crippen molar-refractivity contribution in [2.24, 2.45) is 12.8 Å². The Bertz CT molecular complexity index is 587. The Balaban J connectivity index is 1.96. The minimum absolute atomic E-state index is 0.573. The molecule has 1 aliphatic carbocycles. The topological polar surface area (TPSA) is 72.9 Å². The molecule has 6 heteroatoms. The van der Waals surface area contributed by atoms with Gasteiger partial charge in [-0.05, 0) is 25.8 Å². The fourth-order valence-electron chi connectivity index (χ4n) is 3.29. The average Bonchev–Trinajstić information content (AvgIpc) is 2.91. The van der Waals surface area contributed by atoms with Gasteiger partial charge in [0.1, 0.15) is 12.1 Å². The highest BCUT2D eigenvalue weighted by Gasteiger charge is 2.24. The lowest BCUT2D eigenvalue weighted by Gasteiger charge is -2.35. The molecular formula is C15H24N6. The zero-order valence-corrected chi connectivity index (χ0v) is 12.7. The van der Waals surface area contributed by atoms with Gasteiger partial charge in [0, 0.05) is 19.6 Å². The van der Waals surface area contributed by atoms with E-state index in [4.69, 9.17) is 5.73 Å². The first-order valence-corrected chi connectivity index (χ1v) is 7.90. The highest BCUT2D eigenvalue weighted by Crippen LogP contribution is 2.30. The Labute approximate surface area is 125 Å². The average molecular weight is 288 g/mol. The third-order valence-electron chi connectivity index (χ3n) is 4.40. The third kappa shape index (κ3) is 2.85. The van der Waals surface area contributed by atoms with Crippen LogP contribution in [0, 0.1) is 0 Å². The molecule has 1 saturated carbocycles. The van der Waals surface area contributed by atoms with Gasteiger partial charge in [-0.25, -0.2) is 9.97 Å². The van der Waals surface area contributed by atoms with Gasteiger partial charge in [0.15, 0.2) is 5.65 Å². The predicted octanol–water partition coefficient (Wildman–Crippen LogP) is 1.85. The van der Waals surface area contributed by atoms with E-state index in [1.54, 1.807) is 6.33 Å². The number of aromatic nitrogens is 4. The van der Waals surface area contributed by atoms with Crippen LogP contribution in [0.1, 0.15) is 38.5 Å². The van der Waals surface area contributed by atoms with Gasteiger partial charge in [-0.15, -0.1) is 0 Å². The fourth-order valence-corrected chi connectivity index (χ4v) is 3.29. The first kappa shape index (κ1) is 14.3.